The van der Waals surface area contributed by atoms with Gasteiger partial charge in [0.25, 0.3) is 5.78 Å². The van der Waals surface area contributed by atoms with Crippen LogP contribution in [0.1, 0.15) is 41.3 Å². The Morgan fingerprint density at radius 2 is 2.04 bits per heavy atom. The van der Waals surface area contributed by atoms with Crippen molar-refractivity contribution in [2.45, 2.75) is 39.2 Å². The minimum absolute atomic E-state index is 0.257. The van der Waals surface area contributed by atoms with Gasteiger partial charge in [-0.3, -0.25) is 4.90 Å². The van der Waals surface area contributed by atoms with Crippen molar-refractivity contribution in [3.63, 3.8) is 0 Å². The number of aromatic nitrogens is 4. The van der Waals surface area contributed by atoms with E-state index in [0.29, 0.717) is 23.4 Å². The summed E-state index contributed by atoms with van der Waals surface area (Å²) in [6.45, 7) is 5.57. The molecule has 1 aromatic carbocycles. The molecule has 5 nitrogen and oxygen atoms in total. The monoisotopic (exact) mass is 357 g/mol. The average molecular weight is 357 g/mol. The topological polar surface area (TPSA) is 46.3 Å². The summed E-state index contributed by atoms with van der Waals surface area (Å²) in [5, 5.41) is 4.29. The number of nitrogens with zero attached hydrogens (tertiary/aromatic N) is 5. The Labute approximate surface area is 150 Å². The largest absolute Gasteiger partial charge is 0.298 e. The van der Waals surface area contributed by atoms with Crippen LogP contribution in [0, 0.1) is 25.5 Å². The van der Waals surface area contributed by atoms with E-state index in [-0.39, 0.29) is 5.92 Å². The van der Waals surface area contributed by atoms with Crippen LogP contribution in [0.4, 0.5) is 8.78 Å². The maximum Gasteiger partial charge on any atom is 0.252 e. The molecule has 26 heavy (non-hydrogen) atoms. The number of aryl methyl sites for hydroxylation is 2. The lowest BCUT2D eigenvalue weighted by atomic mass is 9.93. The highest BCUT2D eigenvalue weighted by Crippen LogP contribution is 2.28. The summed E-state index contributed by atoms with van der Waals surface area (Å²) in [6.07, 6.45) is 3.54. The molecule has 0 N–H and O–H groups in total. The molecule has 1 saturated heterocycles. The summed E-state index contributed by atoms with van der Waals surface area (Å²) in [6, 6.07) is 5.37. The normalized spacial score (nSPS) is 18.5. The molecule has 2 aromatic heterocycles. The number of benzene rings is 1. The Morgan fingerprint density at radius 1 is 1.19 bits per heavy atom. The Bertz CT molecular complexity index is 952. The van der Waals surface area contributed by atoms with Crippen molar-refractivity contribution in [2.75, 3.05) is 13.1 Å². The van der Waals surface area contributed by atoms with E-state index in [9.17, 15) is 8.78 Å². The summed E-state index contributed by atoms with van der Waals surface area (Å²) in [7, 11) is 0. The molecule has 0 amide bonds. The van der Waals surface area contributed by atoms with Crippen LogP contribution >= 0.6 is 0 Å². The predicted octanol–water partition coefficient (Wildman–Crippen LogP) is 3.40. The van der Waals surface area contributed by atoms with Gasteiger partial charge in [0, 0.05) is 30.3 Å². The van der Waals surface area contributed by atoms with Crippen LogP contribution in [-0.2, 0) is 6.54 Å². The van der Waals surface area contributed by atoms with E-state index in [1.54, 1.807) is 23.6 Å². The number of hydrogen-bond acceptors (Lipinski definition) is 4. The Morgan fingerprint density at radius 3 is 2.88 bits per heavy atom. The quantitative estimate of drug-likeness (QED) is 0.721. The number of fused-ring (bicyclic) bond motifs is 1. The van der Waals surface area contributed by atoms with E-state index < -0.39 is 11.6 Å². The van der Waals surface area contributed by atoms with Crippen LogP contribution < -0.4 is 0 Å². The second-order valence-corrected chi connectivity index (χ2v) is 7.04. The molecule has 1 unspecified atom stereocenters. The van der Waals surface area contributed by atoms with Crippen molar-refractivity contribution in [3.05, 3.63) is 58.7 Å². The number of halogens is 2. The second kappa shape index (κ2) is 6.72. The summed E-state index contributed by atoms with van der Waals surface area (Å²) in [5.41, 5.74) is 2.73. The van der Waals surface area contributed by atoms with Gasteiger partial charge in [-0.1, -0.05) is 12.1 Å². The molecule has 7 heteroatoms. The zero-order valence-electron chi connectivity index (χ0n) is 14.9. The summed E-state index contributed by atoms with van der Waals surface area (Å²) < 4.78 is 29.9. The second-order valence-electron chi connectivity index (χ2n) is 7.04. The maximum absolute atomic E-state index is 14.2. The first kappa shape index (κ1) is 17.0. The van der Waals surface area contributed by atoms with Gasteiger partial charge in [-0.2, -0.15) is 10.1 Å². The first-order valence-electron chi connectivity index (χ1n) is 8.86. The fourth-order valence-corrected chi connectivity index (χ4v) is 3.74. The van der Waals surface area contributed by atoms with Gasteiger partial charge in [0.2, 0.25) is 0 Å². The van der Waals surface area contributed by atoms with Crippen LogP contribution in [0.2, 0.25) is 0 Å². The average Bonchev–Trinajstić information content (AvgIpc) is 3.10. The fourth-order valence-electron chi connectivity index (χ4n) is 3.74. The van der Waals surface area contributed by atoms with Gasteiger partial charge >= 0.3 is 0 Å². The van der Waals surface area contributed by atoms with Gasteiger partial charge in [-0.25, -0.2) is 18.3 Å². The van der Waals surface area contributed by atoms with Gasteiger partial charge in [0.1, 0.15) is 6.33 Å². The van der Waals surface area contributed by atoms with Crippen molar-refractivity contribution >= 4 is 5.78 Å². The molecule has 1 fully saturated rings. The summed E-state index contributed by atoms with van der Waals surface area (Å²) in [4.78, 5) is 10.8. The van der Waals surface area contributed by atoms with Crippen LogP contribution in [0.25, 0.3) is 5.78 Å². The van der Waals surface area contributed by atoms with Crippen LogP contribution in [0.5, 0.6) is 0 Å². The third-order valence-electron chi connectivity index (χ3n) is 5.08. The Hall–Kier alpha value is -2.41. The third kappa shape index (κ3) is 3.07. The molecule has 136 valence electrons. The highest BCUT2D eigenvalue weighted by atomic mass is 19.2. The Kier molecular flexibility index (Phi) is 4.40. The van der Waals surface area contributed by atoms with E-state index in [2.05, 4.69) is 20.0 Å². The van der Waals surface area contributed by atoms with Crippen LogP contribution in [0.3, 0.4) is 0 Å². The minimum Gasteiger partial charge on any atom is -0.298 e. The molecule has 1 atom stereocenters. The number of piperidine rings is 1. The molecule has 3 aromatic rings. The van der Waals surface area contributed by atoms with Gasteiger partial charge in [0.15, 0.2) is 11.6 Å². The molecule has 4 rings (SSSR count). The first-order valence-corrected chi connectivity index (χ1v) is 8.86. The lowest BCUT2D eigenvalue weighted by Gasteiger charge is -2.33. The van der Waals surface area contributed by atoms with Gasteiger partial charge < -0.3 is 0 Å². The van der Waals surface area contributed by atoms with Crippen molar-refractivity contribution in [1.29, 1.82) is 0 Å². The van der Waals surface area contributed by atoms with Crippen LogP contribution in [-0.4, -0.2) is 37.6 Å². The smallest absolute Gasteiger partial charge is 0.252 e. The zero-order valence-corrected chi connectivity index (χ0v) is 14.9. The summed E-state index contributed by atoms with van der Waals surface area (Å²) in [5.74, 6) is -0.618. The fraction of sp³-hybridized carbons (Fsp3) is 0.421. The van der Waals surface area contributed by atoms with Crippen LogP contribution in [0.15, 0.2) is 24.5 Å². The van der Waals surface area contributed by atoms with E-state index in [1.807, 2.05) is 13.0 Å². The van der Waals surface area contributed by atoms with Crippen molar-refractivity contribution in [1.82, 2.24) is 24.5 Å². The minimum atomic E-state index is -0.745. The zero-order chi connectivity index (χ0) is 18.3. The highest BCUT2D eigenvalue weighted by Gasteiger charge is 2.25. The molecule has 1 aliphatic rings. The lowest BCUT2D eigenvalue weighted by Crippen LogP contribution is -2.35. The maximum atomic E-state index is 14.2. The molecule has 0 aliphatic carbocycles. The van der Waals surface area contributed by atoms with E-state index in [4.69, 9.17) is 0 Å². The highest BCUT2D eigenvalue weighted by molar-refractivity contribution is 5.32. The van der Waals surface area contributed by atoms with Gasteiger partial charge in [-0.15, -0.1) is 0 Å². The van der Waals surface area contributed by atoms with E-state index >= 15 is 0 Å². The van der Waals surface area contributed by atoms with E-state index in [0.717, 1.165) is 37.3 Å². The Balaban J connectivity index is 1.58. The molecule has 0 saturated carbocycles. The molecular formula is C19H21F2N5. The van der Waals surface area contributed by atoms with Gasteiger partial charge in [0.05, 0.1) is 5.69 Å². The van der Waals surface area contributed by atoms with E-state index in [1.165, 1.54) is 6.33 Å². The molecule has 0 bridgehead atoms. The standard InChI is InChI=1S/C19H21F2N5/c1-12-5-6-15(18(21)17(12)20)10-25-7-3-4-14(9-25)16-8-13(2)24-19-22-11-23-26(16)19/h5-6,8,11,14H,3-4,7,9-10H2,1-2H3. The SMILES string of the molecule is Cc1cc(C2CCCN(Cc3ccc(C)c(F)c3F)C2)n2ncnc2n1. The molecule has 3 heterocycles. The number of rotatable bonds is 3. The molecule has 1 aliphatic heterocycles. The lowest BCUT2D eigenvalue weighted by molar-refractivity contribution is 0.194. The van der Waals surface area contributed by atoms with Crippen molar-refractivity contribution in [2.24, 2.45) is 0 Å². The number of likely N-dealkylation sites (tertiary alicyclic amines) is 1. The number of hydrogen-bond donors (Lipinski definition) is 0. The molecule has 0 spiro atoms. The van der Waals surface area contributed by atoms with Crippen molar-refractivity contribution < 1.29 is 8.78 Å². The van der Waals surface area contributed by atoms with Crippen molar-refractivity contribution in [3.8, 4) is 0 Å². The molecule has 0 radical (unpaired) electrons. The predicted molar refractivity (Wildman–Crippen MR) is 93.9 cm³/mol. The first-order chi connectivity index (χ1) is 12.5. The van der Waals surface area contributed by atoms with Gasteiger partial charge in [-0.05, 0) is 44.9 Å². The molecular weight excluding hydrogens is 336 g/mol. The third-order valence-corrected chi connectivity index (χ3v) is 5.08. The summed E-state index contributed by atoms with van der Waals surface area (Å²) >= 11 is 0.